The molecular formula is C13H10BrN3O4. The fourth-order valence-electron chi connectivity index (χ4n) is 1.75. The molecule has 0 aliphatic heterocycles. The van der Waals surface area contributed by atoms with Crippen molar-refractivity contribution in [3.8, 4) is 0 Å². The highest BCUT2D eigenvalue weighted by atomic mass is 79.9. The molecule has 1 aromatic carbocycles. The van der Waals surface area contributed by atoms with Gasteiger partial charge in [0.25, 0.3) is 0 Å². The maximum Gasteiger partial charge on any atom is 0.337 e. The van der Waals surface area contributed by atoms with Gasteiger partial charge in [0.2, 0.25) is 5.82 Å². The largest absolute Gasteiger partial charge is 0.478 e. The van der Waals surface area contributed by atoms with Crippen molar-refractivity contribution < 1.29 is 14.8 Å². The van der Waals surface area contributed by atoms with Gasteiger partial charge in [-0.1, -0.05) is 15.9 Å². The van der Waals surface area contributed by atoms with Crippen LogP contribution < -0.4 is 5.32 Å². The van der Waals surface area contributed by atoms with Crippen LogP contribution in [-0.2, 0) is 0 Å². The zero-order valence-corrected chi connectivity index (χ0v) is 12.4. The smallest absolute Gasteiger partial charge is 0.337 e. The summed E-state index contributed by atoms with van der Waals surface area (Å²) in [6.07, 6.45) is 1.07. The fourth-order valence-corrected chi connectivity index (χ4v) is 2.36. The molecule has 0 atom stereocenters. The van der Waals surface area contributed by atoms with Gasteiger partial charge in [-0.15, -0.1) is 0 Å². The summed E-state index contributed by atoms with van der Waals surface area (Å²) in [6.45, 7) is 1.88. The second kappa shape index (κ2) is 5.88. The molecule has 108 valence electrons. The lowest BCUT2D eigenvalue weighted by Crippen LogP contribution is -2.04. The Morgan fingerprint density at radius 3 is 2.67 bits per heavy atom. The number of aryl methyl sites for hydroxylation is 1. The van der Waals surface area contributed by atoms with Crippen molar-refractivity contribution in [2.75, 3.05) is 5.32 Å². The number of nitrogens with one attached hydrogen (secondary N) is 1. The van der Waals surface area contributed by atoms with Gasteiger partial charge in [0.05, 0.1) is 10.5 Å². The van der Waals surface area contributed by atoms with E-state index >= 15 is 0 Å². The first-order valence-electron chi connectivity index (χ1n) is 5.79. The Kier molecular flexibility index (Phi) is 4.18. The molecule has 2 aromatic rings. The lowest BCUT2D eigenvalue weighted by molar-refractivity contribution is -0.384. The molecule has 0 aliphatic carbocycles. The topological polar surface area (TPSA) is 105 Å². The molecule has 21 heavy (non-hydrogen) atoms. The lowest BCUT2D eigenvalue weighted by Gasteiger charge is -2.08. The Bertz CT molecular complexity index is 713. The van der Waals surface area contributed by atoms with E-state index in [1.54, 1.807) is 12.1 Å². The third-order valence-corrected chi connectivity index (χ3v) is 3.07. The van der Waals surface area contributed by atoms with Crippen LogP contribution in [-0.4, -0.2) is 21.0 Å². The Hall–Kier alpha value is -2.48. The van der Waals surface area contributed by atoms with Crippen LogP contribution in [0.5, 0.6) is 0 Å². The summed E-state index contributed by atoms with van der Waals surface area (Å²) in [6, 6.07) is 6.40. The van der Waals surface area contributed by atoms with Crippen molar-refractivity contribution in [3.05, 3.63) is 56.2 Å². The molecular weight excluding hydrogens is 342 g/mol. The normalized spacial score (nSPS) is 10.2. The van der Waals surface area contributed by atoms with Crippen LogP contribution in [0.4, 0.5) is 17.2 Å². The summed E-state index contributed by atoms with van der Waals surface area (Å²) >= 11 is 3.33. The first-order chi connectivity index (χ1) is 9.86. The van der Waals surface area contributed by atoms with Crippen molar-refractivity contribution >= 4 is 39.1 Å². The summed E-state index contributed by atoms with van der Waals surface area (Å²) in [4.78, 5) is 25.0. The van der Waals surface area contributed by atoms with Gasteiger partial charge >= 0.3 is 11.7 Å². The molecule has 0 spiro atoms. The van der Waals surface area contributed by atoms with E-state index < -0.39 is 16.6 Å². The minimum Gasteiger partial charge on any atom is -0.478 e. The van der Waals surface area contributed by atoms with Crippen molar-refractivity contribution in [1.29, 1.82) is 0 Å². The van der Waals surface area contributed by atoms with Crippen LogP contribution in [0.1, 0.15) is 15.9 Å². The minimum absolute atomic E-state index is 0.0116. The van der Waals surface area contributed by atoms with E-state index in [0.29, 0.717) is 5.69 Å². The van der Waals surface area contributed by atoms with E-state index in [0.717, 1.165) is 22.3 Å². The number of nitro groups is 1. The van der Waals surface area contributed by atoms with Crippen LogP contribution in [0.3, 0.4) is 0 Å². The van der Waals surface area contributed by atoms with Crippen LogP contribution in [0.2, 0.25) is 0 Å². The van der Waals surface area contributed by atoms with Gasteiger partial charge in [-0.2, -0.15) is 0 Å². The van der Waals surface area contributed by atoms with E-state index in [1.807, 2.05) is 13.0 Å². The molecule has 8 heteroatoms. The average Bonchev–Trinajstić information content (AvgIpc) is 2.37. The summed E-state index contributed by atoms with van der Waals surface area (Å²) in [5.74, 6) is -1.28. The molecule has 2 N–H and O–H groups in total. The molecule has 0 aliphatic rings. The Labute approximate surface area is 127 Å². The van der Waals surface area contributed by atoms with Gasteiger partial charge in [-0.25, -0.2) is 9.78 Å². The van der Waals surface area contributed by atoms with Crippen LogP contribution in [0, 0.1) is 17.0 Å². The molecule has 0 bridgehead atoms. The number of hydrogen-bond donors (Lipinski definition) is 2. The number of anilines is 2. The van der Waals surface area contributed by atoms with Crippen molar-refractivity contribution in [2.45, 2.75) is 6.92 Å². The van der Waals surface area contributed by atoms with Gasteiger partial charge in [-0.3, -0.25) is 10.1 Å². The summed E-state index contributed by atoms with van der Waals surface area (Å²) in [5, 5.41) is 22.7. The fraction of sp³-hybridized carbons (Fsp3) is 0.0769. The second-order valence-electron chi connectivity index (χ2n) is 4.30. The number of halogens is 1. The van der Waals surface area contributed by atoms with Crippen LogP contribution in [0.15, 0.2) is 34.9 Å². The minimum atomic E-state index is -1.27. The predicted molar refractivity (Wildman–Crippen MR) is 80.0 cm³/mol. The van der Waals surface area contributed by atoms with E-state index in [1.165, 1.54) is 0 Å². The lowest BCUT2D eigenvalue weighted by atomic mass is 10.2. The average molecular weight is 352 g/mol. The Morgan fingerprint density at radius 1 is 1.38 bits per heavy atom. The number of aromatic nitrogens is 1. The number of aromatic carboxylic acids is 1. The summed E-state index contributed by atoms with van der Waals surface area (Å²) in [7, 11) is 0. The summed E-state index contributed by atoms with van der Waals surface area (Å²) in [5.41, 5.74) is 0.933. The van der Waals surface area contributed by atoms with Gasteiger partial charge in [-0.05, 0) is 30.7 Å². The Balaban J connectivity index is 2.43. The monoisotopic (exact) mass is 351 g/mol. The molecule has 0 fully saturated rings. The number of carbonyl (C=O) groups is 1. The third-order valence-electron chi connectivity index (χ3n) is 2.62. The van der Waals surface area contributed by atoms with E-state index in [-0.39, 0.29) is 11.4 Å². The molecule has 2 rings (SSSR count). The highest BCUT2D eigenvalue weighted by Gasteiger charge is 2.19. The third kappa shape index (κ3) is 3.54. The van der Waals surface area contributed by atoms with Crippen molar-refractivity contribution in [3.63, 3.8) is 0 Å². The maximum absolute atomic E-state index is 11.0. The molecule has 7 nitrogen and oxygen atoms in total. The number of carboxylic acid groups (broad SMARTS) is 1. The highest BCUT2D eigenvalue weighted by molar-refractivity contribution is 9.10. The van der Waals surface area contributed by atoms with Crippen molar-refractivity contribution in [1.82, 2.24) is 4.98 Å². The molecule has 0 amide bonds. The quantitative estimate of drug-likeness (QED) is 0.644. The molecule has 0 saturated carbocycles. The van der Waals surface area contributed by atoms with Crippen molar-refractivity contribution in [2.24, 2.45) is 0 Å². The Morgan fingerprint density at radius 2 is 2.10 bits per heavy atom. The highest BCUT2D eigenvalue weighted by Crippen LogP contribution is 2.28. The molecule has 1 heterocycles. The van der Waals surface area contributed by atoms with Gasteiger partial charge in [0.15, 0.2) is 0 Å². The number of hydrogen-bond acceptors (Lipinski definition) is 5. The maximum atomic E-state index is 11.0. The number of rotatable bonds is 4. The molecule has 0 saturated heterocycles. The predicted octanol–water partition coefficient (Wildman–Crippen LogP) is 3.50. The molecule has 0 unspecified atom stereocenters. The van der Waals surface area contributed by atoms with Crippen LogP contribution in [0.25, 0.3) is 0 Å². The van der Waals surface area contributed by atoms with Gasteiger partial charge in [0.1, 0.15) is 0 Å². The number of nitrogens with zero attached hydrogens (tertiary/aromatic N) is 2. The number of benzene rings is 1. The van der Waals surface area contributed by atoms with Crippen LogP contribution >= 0.6 is 15.9 Å². The standard InChI is InChI=1S/C13H10BrN3O4/c1-7-2-9(14)5-10(3-7)16-12-11(17(20)21)4-8(6-15-12)13(18)19/h2-6H,1H3,(H,15,16)(H,18,19). The first-order valence-corrected chi connectivity index (χ1v) is 6.58. The zero-order chi connectivity index (χ0) is 15.6. The zero-order valence-electron chi connectivity index (χ0n) is 10.8. The first kappa shape index (κ1) is 14.9. The van der Waals surface area contributed by atoms with Gasteiger partial charge < -0.3 is 10.4 Å². The molecule has 1 aromatic heterocycles. The SMILES string of the molecule is Cc1cc(Br)cc(Nc2ncc(C(=O)O)cc2[N+](=O)[O-])c1. The van der Waals surface area contributed by atoms with E-state index in [9.17, 15) is 14.9 Å². The second-order valence-corrected chi connectivity index (χ2v) is 5.21. The van der Waals surface area contributed by atoms with E-state index in [2.05, 4.69) is 26.2 Å². The summed E-state index contributed by atoms with van der Waals surface area (Å²) < 4.78 is 0.815. The molecule has 0 radical (unpaired) electrons. The number of carboxylic acids is 1. The van der Waals surface area contributed by atoms with E-state index in [4.69, 9.17) is 5.11 Å². The number of pyridine rings is 1. The van der Waals surface area contributed by atoms with Gasteiger partial charge in [0, 0.05) is 22.4 Å².